The van der Waals surface area contributed by atoms with Crippen LogP contribution in [0.15, 0.2) is 0 Å². The summed E-state index contributed by atoms with van der Waals surface area (Å²) in [5.41, 5.74) is 4.78. The van der Waals surface area contributed by atoms with Crippen molar-refractivity contribution in [2.45, 2.75) is 159 Å². The minimum absolute atomic E-state index is 0.0363. The van der Waals surface area contributed by atoms with Crippen LogP contribution in [0.2, 0.25) is 0 Å². The second kappa shape index (κ2) is 54.1. The molecule has 5 unspecified atom stereocenters. The predicted molar refractivity (Wildman–Crippen MR) is 308 cm³/mol. The molecule has 0 bridgehead atoms. The van der Waals surface area contributed by atoms with Crippen LogP contribution < -0.4 is 11.1 Å². The molecule has 0 aliphatic carbocycles. The number of amides is 10. The lowest BCUT2D eigenvalue weighted by Crippen LogP contribution is -2.52. The first-order chi connectivity index (χ1) is 37.9. The maximum Gasteiger partial charge on any atom is 0.242 e. The van der Waals surface area contributed by atoms with Gasteiger partial charge in [0.25, 0.3) is 0 Å². The molecule has 8 N–H and O–H groups in total. The van der Waals surface area contributed by atoms with Gasteiger partial charge >= 0.3 is 0 Å². The molecule has 0 spiro atoms. The molecule has 0 aromatic heterocycles. The van der Waals surface area contributed by atoms with Crippen molar-refractivity contribution < 1.29 is 73.5 Å². The van der Waals surface area contributed by atoms with E-state index in [-0.39, 0.29) is 153 Å². The average Bonchev–Trinajstić information content (AvgIpc) is 3.45. The second-order valence-corrected chi connectivity index (χ2v) is 18.7. The Morgan fingerprint density at radius 1 is 0.400 bits per heavy atom. The third-order valence-electron chi connectivity index (χ3n) is 12.9. The minimum atomic E-state index is -0.583. The van der Waals surface area contributed by atoms with Crippen molar-refractivity contribution in [1.29, 1.82) is 0 Å². The number of nitrogens with two attached hydrogens (primary N) is 1. The average molecular weight is 1150 g/mol. The Morgan fingerprint density at radius 3 is 1.05 bits per heavy atom. The standard InChI is InChI=1S/C21H40N4O6.C13H26N2O2.C9H18N2O4.C6H15N.C5H10N2O3/c1-6-17(4)24(16-28)14-21(31)25(18(5)7-2)15-20(30)23(10-12-27)13-19(29)22(8-3)9-11-26;1-6-11(4)14(10-16)9-13(17)15(8-3)12(5)7-2;1-2-11(4-6-13)9(15)7-10(8-14)3-5-12;1-4-6(3)7-5-2;6-5(10)3-7(4-9)1-2-8/h16-18,26-27H,6-15H2,1-5H3;10-12H,6-9H2,1-5H3;8,12-13H,2-7H2,1H3;6-7H,4-5H2,1-3H3;4,8H,1-3H2,(H2,6,10). The molecule has 0 radical (unpaired) electrons. The van der Waals surface area contributed by atoms with Crippen LogP contribution in [0, 0.1) is 0 Å². The lowest BCUT2D eigenvalue weighted by molar-refractivity contribution is -0.147. The first kappa shape index (κ1) is 83.3. The molecule has 80 heavy (non-hydrogen) atoms. The number of rotatable bonds is 40. The van der Waals surface area contributed by atoms with Gasteiger partial charge in [-0.2, -0.15) is 0 Å². The van der Waals surface area contributed by atoms with Crippen molar-refractivity contribution in [1.82, 2.24) is 49.4 Å². The quantitative estimate of drug-likeness (QED) is 0.0363. The van der Waals surface area contributed by atoms with Crippen LogP contribution in [0.4, 0.5) is 0 Å². The zero-order chi connectivity index (χ0) is 62.8. The van der Waals surface area contributed by atoms with Gasteiger partial charge in [0.2, 0.25) is 61.1 Å². The van der Waals surface area contributed by atoms with E-state index in [1.54, 1.807) is 18.7 Å². The summed E-state index contributed by atoms with van der Waals surface area (Å²) < 4.78 is 0. The van der Waals surface area contributed by atoms with E-state index in [0.717, 1.165) is 30.7 Å². The molecule has 0 saturated heterocycles. The molecule has 0 aromatic rings. The van der Waals surface area contributed by atoms with Gasteiger partial charge < -0.3 is 80.7 Å². The van der Waals surface area contributed by atoms with Gasteiger partial charge in [-0.1, -0.05) is 41.5 Å². The molecule has 470 valence electrons. The number of hydrogen-bond donors (Lipinski definition) is 7. The number of nitrogens with one attached hydrogen (secondary N) is 1. The van der Waals surface area contributed by atoms with E-state index in [4.69, 9.17) is 26.2 Å². The van der Waals surface area contributed by atoms with E-state index in [1.165, 1.54) is 35.8 Å². The second-order valence-electron chi connectivity index (χ2n) is 18.7. The number of primary amides is 1. The third-order valence-corrected chi connectivity index (χ3v) is 12.9. The van der Waals surface area contributed by atoms with Gasteiger partial charge in [0.1, 0.15) is 6.54 Å². The Balaban J connectivity index is -0.000000323. The normalized spacial score (nSPS) is 12.0. The highest BCUT2D eigenvalue weighted by Gasteiger charge is 2.28. The van der Waals surface area contributed by atoms with E-state index < -0.39 is 11.8 Å². The van der Waals surface area contributed by atoms with Crippen LogP contribution in [0.3, 0.4) is 0 Å². The van der Waals surface area contributed by atoms with Crippen LogP contribution in [0.25, 0.3) is 0 Å². The first-order valence-electron chi connectivity index (χ1n) is 28.2. The number of carbonyl (C=O) groups excluding carboxylic acids is 10. The Hall–Kier alpha value is -5.54. The van der Waals surface area contributed by atoms with Crippen LogP contribution >= 0.6 is 0 Å². The molecular formula is C54H109N11O15. The highest BCUT2D eigenvalue weighted by Crippen LogP contribution is 2.10. The summed E-state index contributed by atoms with van der Waals surface area (Å²) in [4.78, 5) is 128. The molecule has 0 heterocycles. The molecule has 5 atom stereocenters. The Kier molecular flexibility index (Phi) is 56.3. The number of aliphatic hydroxyl groups is 5. The molecule has 0 saturated carbocycles. The zero-order valence-corrected chi connectivity index (χ0v) is 51.3. The van der Waals surface area contributed by atoms with Crippen LogP contribution in [-0.2, 0) is 47.9 Å². The SMILES string of the molecule is CCC(C)N(C=O)CC(=O)N(CC(=O)N(CCO)CC(=O)N(CC)CCO)C(C)CC.CCC(C)N(C=O)CC(=O)N(CC)C(C)CC.CCN(CCO)C(=O)CN(C=O)CCO.CCNC(C)CC.NC(=O)CN(C=O)CCO. The van der Waals surface area contributed by atoms with Gasteiger partial charge in [0.05, 0.1) is 65.8 Å². The summed E-state index contributed by atoms with van der Waals surface area (Å²) in [5.74, 6) is -1.93. The summed E-state index contributed by atoms with van der Waals surface area (Å²) in [7, 11) is 0. The van der Waals surface area contributed by atoms with Crippen molar-refractivity contribution >= 4 is 61.1 Å². The van der Waals surface area contributed by atoms with Crippen LogP contribution in [0.1, 0.15) is 129 Å². The molecule has 26 nitrogen and oxygen atoms in total. The van der Waals surface area contributed by atoms with Gasteiger partial charge in [-0.25, -0.2) is 0 Å². The number of carbonyl (C=O) groups is 10. The van der Waals surface area contributed by atoms with Crippen molar-refractivity contribution in [3.05, 3.63) is 0 Å². The van der Waals surface area contributed by atoms with E-state index in [1.807, 2.05) is 60.3 Å². The van der Waals surface area contributed by atoms with Crippen molar-refractivity contribution in [2.24, 2.45) is 5.73 Å². The minimum Gasteiger partial charge on any atom is -0.395 e. The highest BCUT2D eigenvalue weighted by atomic mass is 16.3. The molecule has 0 fully saturated rings. The third kappa shape index (κ3) is 39.8. The Bertz CT molecular complexity index is 1660. The fraction of sp³-hybridized carbons (Fsp3) is 0.815. The number of hydrogen-bond acceptors (Lipinski definition) is 16. The Labute approximate surface area is 478 Å². The summed E-state index contributed by atoms with van der Waals surface area (Å²) in [5, 5.41) is 47.4. The molecule has 0 aliphatic rings. The van der Waals surface area contributed by atoms with Crippen LogP contribution in [-0.4, -0.2) is 292 Å². The Morgan fingerprint density at radius 2 is 0.750 bits per heavy atom. The smallest absolute Gasteiger partial charge is 0.242 e. The summed E-state index contributed by atoms with van der Waals surface area (Å²) in [6.07, 6.45) is 6.75. The summed E-state index contributed by atoms with van der Waals surface area (Å²) >= 11 is 0. The van der Waals surface area contributed by atoms with Gasteiger partial charge in [0.15, 0.2) is 0 Å². The van der Waals surface area contributed by atoms with E-state index in [0.29, 0.717) is 57.7 Å². The van der Waals surface area contributed by atoms with Crippen molar-refractivity contribution in [2.75, 3.05) is 131 Å². The highest BCUT2D eigenvalue weighted by molar-refractivity contribution is 5.89. The molecular weight excluding hydrogens is 1040 g/mol. The largest absolute Gasteiger partial charge is 0.395 e. The molecule has 0 aliphatic heterocycles. The first-order valence-corrected chi connectivity index (χ1v) is 28.2. The summed E-state index contributed by atoms with van der Waals surface area (Å²) in [6.45, 7) is 29.4. The zero-order valence-electron chi connectivity index (χ0n) is 51.3. The van der Waals surface area contributed by atoms with Gasteiger partial charge in [0, 0.05) is 82.6 Å². The number of likely N-dealkylation sites (N-methyl/N-ethyl adjacent to an activating group) is 3. The monoisotopic (exact) mass is 1150 g/mol. The van der Waals surface area contributed by atoms with Gasteiger partial charge in [-0.15, -0.1) is 0 Å². The van der Waals surface area contributed by atoms with E-state index >= 15 is 0 Å². The number of nitrogens with zero attached hydrogens (tertiary/aromatic N) is 9. The van der Waals surface area contributed by atoms with Crippen LogP contribution in [0.5, 0.6) is 0 Å². The topological polar surface area (TPSA) is 339 Å². The van der Waals surface area contributed by atoms with Crippen molar-refractivity contribution in [3.8, 4) is 0 Å². The number of aliphatic hydroxyl groups excluding tert-OH is 5. The fourth-order valence-electron chi connectivity index (χ4n) is 6.86. The molecule has 0 aromatic carbocycles. The fourth-order valence-corrected chi connectivity index (χ4v) is 6.86. The maximum absolute atomic E-state index is 12.9. The molecule has 10 amide bonds. The lowest BCUT2D eigenvalue weighted by atomic mass is 10.2. The lowest BCUT2D eigenvalue weighted by Gasteiger charge is -2.33. The van der Waals surface area contributed by atoms with E-state index in [2.05, 4.69) is 33.0 Å². The summed E-state index contributed by atoms with van der Waals surface area (Å²) in [6, 6.07) is 0.705. The van der Waals surface area contributed by atoms with Gasteiger partial charge in [-0.3, -0.25) is 47.9 Å². The molecule has 0 rings (SSSR count). The predicted octanol–water partition coefficient (Wildman–Crippen LogP) is -0.983. The van der Waals surface area contributed by atoms with Gasteiger partial charge in [-0.05, 0) is 94.0 Å². The van der Waals surface area contributed by atoms with E-state index in [9.17, 15) is 53.1 Å². The molecule has 26 heteroatoms. The van der Waals surface area contributed by atoms with Crippen molar-refractivity contribution in [3.63, 3.8) is 0 Å². The maximum atomic E-state index is 12.9.